The summed E-state index contributed by atoms with van der Waals surface area (Å²) in [6.45, 7) is 0. The van der Waals surface area contributed by atoms with E-state index in [1.54, 1.807) is 48.5 Å². The Labute approximate surface area is 181 Å². The van der Waals surface area contributed by atoms with Crippen LogP contribution in [0.3, 0.4) is 0 Å². The van der Waals surface area contributed by atoms with Crippen molar-refractivity contribution in [3.05, 3.63) is 59.7 Å². The molecular weight excluding hydrogens is 420 g/mol. The maximum atomic E-state index is 11.7. The first-order chi connectivity index (χ1) is 15.2. The van der Waals surface area contributed by atoms with Crippen molar-refractivity contribution < 1.29 is 39.6 Å². The molecule has 0 heterocycles. The summed E-state index contributed by atoms with van der Waals surface area (Å²) in [5.74, 6) is -5.70. The lowest BCUT2D eigenvalue weighted by Crippen LogP contribution is -2.32. The molecule has 2 unspecified atom stereocenters. The summed E-state index contributed by atoms with van der Waals surface area (Å²) in [6.07, 6.45) is -1.60. The number of hydrogen-bond acceptors (Lipinski definition) is 6. The summed E-state index contributed by atoms with van der Waals surface area (Å²) in [4.78, 5) is 54.0. The normalized spacial score (nSPS) is 16.6. The fourth-order valence-corrected chi connectivity index (χ4v) is 3.38. The number of rotatable bonds is 8. The van der Waals surface area contributed by atoms with Crippen LogP contribution in [0.15, 0.2) is 58.5 Å². The van der Waals surface area contributed by atoms with Gasteiger partial charge < -0.3 is 20.4 Å². The van der Waals surface area contributed by atoms with Gasteiger partial charge in [0.25, 0.3) is 0 Å². The Morgan fingerprint density at radius 2 is 0.906 bits per heavy atom. The molecule has 0 bridgehead atoms. The molecule has 0 aromatic heterocycles. The second kappa shape index (κ2) is 9.21. The van der Waals surface area contributed by atoms with Crippen LogP contribution in [0, 0.1) is 0 Å². The Bertz CT molecular complexity index is 1080. The van der Waals surface area contributed by atoms with Gasteiger partial charge in [0.05, 0.1) is 24.3 Å². The first-order valence-electron chi connectivity index (χ1n) is 9.43. The molecule has 0 radical (unpaired) electrons. The largest absolute Gasteiger partial charge is 0.481 e. The minimum atomic E-state index is -1.66. The van der Waals surface area contributed by atoms with Crippen molar-refractivity contribution in [2.24, 2.45) is 9.98 Å². The molecule has 2 aromatic carbocycles. The molecule has 164 valence electrons. The molecule has 0 aliphatic heterocycles. The molecule has 0 fully saturated rings. The molecule has 0 saturated carbocycles. The standard InChI is InChI=1S/C22H18N2O8/c25-17(26)9-15(21(29)30)23-19-13-7-3-1-5-11(13)12-6-2-4-8-14(12)20(19)24-16(22(31)32)10-18(27)28/h1-8,15-16H,9-10H2,(H,25,26)(H,27,28)(H,29,30)(H,31,32). The maximum absolute atomic E-state index is 11.7. The molecule has 0 spiro atoms. The lowest BCUT2D eigenvalue weighted by atomic mass is 9.82. The highest BCUT2D eigenvalue weighted by molar-refractivity contribution is 6.57. The fourth-order valence-electron chi connectivity index (χ4n) is 3.38. The van der Waals surface area contributed by atoms with E-state index in [-0.39, 0.29) is 11.4 Å². The molecule has 1 aliphatic rings. The minimum absolute atomic E-state index is 0.00964. The molecule has 4 N–H and O–H groups in total. The van der Waals surface area contributed by atoms with Gasteiger partial charge in [-0.2, -0.15) is 0 Å². The monoisotopic (exact) mass is 438 g/mol. The summed E-state index contributed by atoms with van der Waals surface area (Å²) < 4.78 is 0. The van der Waals surface area contributed by atoms with Crippen LogP contribution in [-0.2, 0) is 19.2 Å². The third-order valence-electron chi connectivity index (χ3n) is 4.75. The van der Waals surface area contributed by atoms with Crippen molar-refractivity contribution in [1.29, 1.82) is 0 Å². The van der Waals surface area contributed by atoms with Crippen LogP contribution in [0.5, 0.6) is 0 Å². The molecular formula is C22H18N2O8. The zero-order valence-electron chi connectivity index (χ0n) is 16.5. The Morgan fingerprint density at radius 1 is 0.594 bits per heavy atom. The number of carbonyl (C=O) groups is 4. The smallest absolute Gasteiger partial charge is 0.329 e. The first kappa shape index (κ1) is 22.3. The van der Waals surface area contributed by atoms with Crippen molar-refractivity contribution in [3.8, 4) is 11.1 Å². The molecule has 10 heteroatoms. The number of aliphatic imine (C=N–C) groups is 2. The summed E-state index contributed by atoms with van der Waals surface area (Å²) in [5.41, 5.74) is 2.19. The third-order valence-corrected chi connectivity index (χ3v) is 4.75. The van der Waals surface area contributed by atoms with E-state index in [9.17, 15) is 29.4 Å². The van der Waals surface area contributed by atoms with Gasteiger partial charge in [-0.05, 0) is 11.1 Å². The van der Waals surface area contributed by atoms with Crippen LogP contribution in [0.4, 0.5) is 0 Å². The van der Waals surface area contributed by atoms with Crippen molar-refractivity contribution in [1.82, 2.24) is 0 Å². The Hall–Kier alpha value is -4.34. The molecule has 2 atom stereocenters. The van der Waals surface area contributed by atoms with E-state index < -0.39 is 48.8 Å². The van der Waals surface area contributed by atoms with Gasteiger partial charge in [-0.1, -0.05) is 48.5 Å². The number of fused-ring (bicyclic) bond motifs is 3. The van der Waals surface area contributed by atoms with Crippen molar-refractivity contribution in [2.75, 3.05) is 0 Å². The molecule has 3 rings (SSSR count). The number of benzene rings is 2. The lowest BCUT2D eigenvalue weighted by molar-refractivity contribution is -0.144. The van der Waals surface area contributed by atoms with E-state index in [1.807, 2.05) is 0 Å². The van der Waals surface area contributed by atoms with E-state index in [2.05, 4.69) is 9.98 Å². The molecule has 32 heavy (non-hydrogen) atoms. The van der Waals surface area contributed by atoms with Crippen LogP contribution in [0.25, 0.3) is 11.1 Å². The van der Waals surface area contributed by atoms with Crippen LogP contribution < -0.4 is 0 Å². The lowest BCUT2D eigenvalue weighted by Gasteiger charge is -2.25. The van der Waals surface area contributed by atoms with Crippen molar-refractivity contribution in [2.45, 2.75) is 24.9 Å². The number of carboxylic acid groups (broad SMARTS) is 4. The maximum Gasteiger partial charge on any atom is 0.329 e. The number of nitrogens with zero attached hydrogens (tertiary/aromatic N) is 2. The van der Waals surface area contributed by atoms with Gasteiger partial charge in [-0.25, -0.2) is 9.59 Å². The molecule has 0 amide bonds. The summed E-state index contributed by atoms with van der Waals surface area (Å²) in [6, 6.07) is 10.3. The van der Waals surface area contributed by atoms with Gasteiger partial charge in [0, 0.05) is 11.1 Å². The quantitative estimate of drug-likeness (QED) is 0.482. The fraction of sp³-hybridized carbons (Fsp3) is 0.182. The predicted molar refractivity (Wildman–Crippen MR) is 112 cm³/mol. The Balaban J connectivity index is 2.32. The van der Waals surface area contributed by atoms with E-state index >= 15 is 0 Å². The van der Waals surface area contributed by atoms with Gasteiger partial charge in [0.1, 0.15) is 0 Å². The predicted octanol–water partition coefficient (Wildman–Crippen LogP) is 1.80. The van der Waals surface area contributed by atoms with E-state index in [0.29, 0.717) is 22.3 Å². The van der Waals surface area contributed by atoms with Gasteiger partial charge in [-0.15, -0.1) is 0 Å². The van der Waals surface area contributed by atoms with Crippen LogP contribution >= 0.6 is 0 Å². The number of hydrogen-bond donors (Lipinski definition) is 4. The van der Waals surface area contributed by atoms with E-state index in [1.165, 1.54) is 0 Å². The minimum Gasteiger partial charge on any atom is -0.481 e. The summed E-state index contributed by atoms with van der Waals surface area (Å²) >= 11 is 0. The highest BCUT2D eigenvalue weighted by Gasteiger charge is 2.31. The average molecular weight is 438 g/mol. The van der Waals surface area contributed by atoms with E-state index in [4.69, 9.17) is 10.2 Å². The zero-order chi connectivity index (χ0) is 23.4. The number of aliphatic carboxylic acids is 4. The topological polar surface area (TPSA) is 174 Å². The summed E-state index contributed by atoms with van der Waals surface area (Å²) in [5, 5.41) is 37.2. The molecule has 2 aromatic rings. The van der Waals surface area contributed by atoms with Crippen molar-refractivity contribution >= 4 is 35.3 Å². The third kappa shape index (κ3) is 4.69. The summed E-state index contributed by atoms with van der Waals surface area (Å²) in [7, 11) is 0. The highest BCUT2D eigenvalue weighted by Crippen LogP contribution is 2.34. The van der Waals surface area contributed by atoms with Gasteiger partial charge in [0.15, 0.2) is 12.1 Å². The Kier molecular flexibility index (Phi) is 6.43. The molecule has 10 nitrogen and oxygen atoms in total. The SMILES string of the molecule is O=C(O)CC(N=C1C(=NC(CC(=O)O)C(=O)O)c2ccccc2-c2ccccc21)C(=O)O. The van der Waals surface area contributed by atoms with Gasteiger partial charge in [-0.3, -0.25) is 19.6 Å². The van der Waals surface area contributed by atoms with Gasteiger partial charge in [0.2, 0.25) is 0 Å². The van der Waals surface area contributed by atoms with Crippen LogP contribution in [0.1, 0.15) is 24.0 Å². The molecule has 1 aliphatic carbocycles. The van der Waals surface area contributed by atoms with E-state index in [0.717, 1.165) is 0 Å². The average Bonchev–Trinajstić information content (AvgIpc) is 2.73. The Morgan fingerprint density at radius 3 is 1.19 bits per heavy atom. The van der Waals surface area contributed by atoms with Crippen LogP contribution in [0.2, 0.25) is 0 Å². The van der Waals surface area contributed by atoms with Crippen molar-refractivity contribution in [3.63, 3.8) is 0 Å². The second-order valence-corrected chi connectivity index (χ2v) is 6.95. The zero-order valence-corrected chi connectivity index (χ0v) is 16.5. The highest BCUT2D eigenvalue weighted by atomic mass is 16.4. The van der Waals surface area contributed by atoms with Gasteiger partial charge >= 0.3 is 23.9 Å². The second-order valence-electron chi connectivity index (χ2n) is 6.95. The molecule has 0 saturated heterocycles. The van der Waals surface area contributed by atoms with Crippen LogP contribution in [-0.4, -0.2) is 67.8 Å². The first-order valence-corrected chi connectivity index (χ1v) is 9.43. The number of carboxylic acids is 4.